The van der Waals surface area contributed by atoms with Crippen molar-refractivity contribution in [3.05, 3.63) is 42.9 Å². The van der Waals surface area contributed by atoms with Crippen LogP contribution in [0.3, 0.4) is 0 Å². The van der Waals surface area contributed by atoms with Gasteiger partial charge in [-0.15, -0.1) is 12.5 Å². The summed E-state index contributed by atoms with van der Waals surface area (Å²) in [5, 5.41) is 0. The van der Waals surface area contributed by atoms with Crippen LogP contribution in [0.2, 0.25) is 0 Å². The average Bonchev–Trinajstić information content (AvgIpc) is 2.37. The maximum atomic E-state index is 11.0. The molecule has 123 valence electrons. The summed E-state index contributed by atoms with van der Waals surface area (Å²) in [7, 11) is 9.75. The van der Waals surface area contributed by atoms with Crippen LogP contribution in [0.1, 0.15) is 46.1 Å². The molecule has 0 bridgehead atoms. The predicted molar refractivity (Wildman–Crippen MR) is 91.6 cm³/mol. The largest absolute Gasteiger partial charge is 0.541 e. The molecule has 0 aliphatic heterocycles. The fraction of sp³-hybridized carbons (Fsp3) is 0.579. The molecule has 0 amide bonds. The number of rotatable bonds is 5. The van der Waals surface area contributed by atoms with E-state index in [0.29, 0.717) is 0 Å². The van der Waals surface area contributed by atoms with E-state index < -0.39 is 0 Å². The molecule has 0 saturated carbocycles. The Labute approximate surface area is 163 Å². The van der Waals surface area contributed by atoms with E-state index in [9.17, 15) is 4.79 Å². The van der Waals surface area contributed by atoms with Gasteiger partial charge >= 0.3 is 0 Å². The van der Waals surface area contributed by atoms with E-state index in [4.69, 9.17) is 0 Å². The Morgan fingerprint density at radius 3 is 1.82 bits per heavy atom. The zero-order valence-corrected chi connectivity index (χ0v) is 18.3. The number of hydrogen-bond donors (Lipinski definition) is 0. The molecule has 0 fully saturated rings. The summed E-state index contributed by atoms with van der Waals surface area (Å²) < 4.78 is 0.750. The molecule has 1 rings (SSSR count). The molecule has 0 N–H and O–H groups in total. The molecule has 0 saturated heterocycles. The number of nitrogens with zero attached hydrogens (tertiary/aromatic N) is 1. The first-order valence-corrected chi connectivity index (χ1v) is 7.54. The summed E-state index contributed by atoms with van der Waals surface area (Å²) >= 11 is 0. The quantitative estimate of drug-likeness (QED) is 0.549. The maximum absolute atomic E-state index is 11.0. The summed E-state index contributed by atoms with van der Waals surface area (Å²) in [6.45, 7) is 8.41. The van der Waals surface area contributed by atoms with Crippen LogP contribution < -0.4 is 0 Å². The van der Waals surface area contributed by atoms with Crippen molar-refractivity contribution < 1.29 is 42.0 Å². The van der Waals surface area contributed by atoms with Gasteiger partial charge in [-0.25, -0.2) is 0 Å². The summed E-state index contributed by atoms with van der Waals surface area (Å²) in [5.41, 5.74) is 0.966. The average molecular weight is 379 g/mol. The van der Waals surface area contributed by atoms with Crippen LogP contribution in [0.4, 0.5) is 0 Å². The van der Waals surface area contributed by atoms with Crippen molar-refractivity contribution in [2.45, 2.75) is 46.0 Å². The van der Waals surface area contributed by atoms with Gasteiger partial charge < -0.3 is 9.28 Å². The van der Waals surface area contributed by atoms with Crippen molar-refractivity contribution in [2.75, 3.05) is 21.1 Å². The predicted octanol–water partition coefficient (Wildman–Crippen LogP) is 4.36. The van der Waals surface area contributed by atoms with E-state index in [1.54, 1.807) is 0 Å². The Morgan fingerprint density at radius 2 is 1.50 bits per heavy atom. The van der Waals surface area contributed by atoms with Gasteiger partial charge in [0.05, 0.1) is 0 Å². The van der Waals surface area contributed by atoms with Gasteiger partial charge in [0.2, 0.25) is 0 Å². The standard InChI is InChI=1S/C15H21O.C4H11N.Y/c1-5-15(4,12-16)11-14(2,3)13-9-7-6-8-10-13;1-5(2,3)4;/h6-10H,5,11H2,1-4H3;1H2,2-4H3;/q-1;;. The van der Waals surface area contributed by atoms with E-state index in [0.717, 1.165) is 17.3 Å². The Morgan fingerprint density at radius 1 is 1.09 bits per heavy atom. The molecular weight excluding hydrogens is 347 g/mol. The van der Waals surface area contributed by atoms with E-state index in [2.05, 4.69) is 39.3 Å². The molecule has 0 aromatic heterocycles. The molecule has 3 heteroatoms. The summed E-state index contributed by atoms with van der Waals surface area (Å²) in [5.74, 6) is 0. The zero-order chi connectivity index (χ0) is 16.7. The SMILES string of the molecule is CCC(C)([C-]=O)CC(C)(C)c1ccccc1.[CH2-][N+](C)(C)C.[Y]. The first kappa shape index (κ1) is 24.2. The first-order chi connectivity index (χ1) is 9.43. The van der Waals surface area contributed by atoms with Gasteiger partial charge in [-0.1, -0.05) is 70.9 Å². The molecular formula is C19H32NOY-. The van der Waals surface area contributed by atoms with Gasteiger partial charge in [0.15, 0.2) is 0 Å². The fourth-order valence-electron chi connectivity index (χ4n) is 2.20. The number of quaternary nitrogens is 1. The second-order valence-corrected chi connectivity index (χ2v) is 7.73. The maximum Gasteiger partial charge on any atom is 0.0434 e. The molecule has 0 aliphatic rings. The molecule has 2 nitrogen and oxygen atoms in total. The summed E-state index contributed by atoms with van der Waals surface area (Å²) in [6.07, 6.45) is 3.88. The van der Waals surface area contributed by atoms with Crippen LogP contribution in [0.25, 0.3) is 0 Å². The van der Waals surface area contributed by atoms with E-state index >= 15 is 0 Å². The number of hydrogen-bond acceptors (Lipinski definition) is 1. The summed E-state index contributed by atoms with van der Waals surface area (Å²) in [4.78, 5) is 11.0. The van der Waals surface area contributed by atoms with E-state index in [-0.39, 0.29) is 43.5 Å². The Bertz CT molecular complexity index is 417. The van der Waals surface area contributed by atoms with Gasteiger partial charge in [0, 0.05) is 53.9 Å². The zero-order valence-electron chi connectivity index (χ0n) is 15.4. The molecule has 1 aromatic rings. The Hall–Kier alpha value is -0.0461. The van der Waals surface area contributed by atoms with Crippen molar-refractivity contribution >= 4 is 6.29 Å². The van der Waals surface area contributed by atoms with Crippen molar-refractivity contribution in [1.29, 1.82) is 0 Å². The molecule has 1 unspecified atom stereocenters. The van der Waals surface area contributed by atoms with Gasteiger partial charge in [-0.3, -0.25) is 6.29 Å². The van der Waals surface area contributed by atoms with Crippen LogP contribution in [0.5, 0.6) is 0 Å². The monoisotopic (exact) mass is 379 g/mol. The van der Waals surface area contributed by atoms with E-state index in [1.165, 1.54) is 5.56 Å². The second kappa shape index (κ2) is 9.95. The van der Waals surface area contributed by atoms with Crippen LogP contribution in [-0.2, 0) is 42.9 Å². The minimum atomic E-state index is -0.334. The van der Waals surface area contributed by atoms with Gasteiger partial charge in [0.25, 0.3) is 0 Å². The fourth-order valence-corrected chi connectivity index (χ4v) is 2.20. The number of benzene rings is 1. The molecule has 0 heterocycles. The van der Waals surface area contributed by atoms with Gasteiger partial charge in [-0.05, 0) is 11.0 Å². The third-order valence-corrected chi connectivity index (χ3v) is 3.41. The Balaban J connectivity index is 0. The van der Waals surface area contributed by atoms with Gasteiger partial charge in [0.1, 0.15) is 0 Å². The topological polar surface area (TPSA) is 17.1 Å². The summed E-state index contributed by atoms with van der Waals surface area (Å²) in [6, 6.07) is 10.4. The molecule has 0 aliphatic carbocycles. The van der Waals surface area contributed by atoms with Crippen molar-refractivity contribution in [2.24, 2.45) is 5.41 Å². The van der Waals surface area contributed by atoms with Crippen LogP contribution >= 0.6 is 0 Å². The van der Waals surface area contributed by atoms with Crippen molar-refractivity contribution in [3.8, 4) is 0 Å². The second-order valence-electron chi connectivity index (χ2n) is 7.73. The molecule has 1 atom stereocenters. The van der Waals surface area contributed by atoms with Gasteiger partial charge in [-0.2, -0.15) is 0 Å². The van der Waals surface area contributed by atoms with Crippen molar-refractivity contribution in [3.63, 3.8) is 0 Å². The van der Waals surface area contributed by atoms with Crippen LogP contribution in [0.15, 0.2) is 30.3 Å². The normalized spacial score (nSPS) is 14.0. The number of carbonyl (C=O) groups excluding carboxylic acids is 1. The molecule has 22 heavy (non-hydrogen) atoms. The smallest absolute Gasteiger partial charge is 0.0434 e. The minimum absolute atomic E-state index is 0. The van der Waals surface area contributed by atoms with Crippen LogP contribution in [-0.4, -0.2) is 31.9 Å². The van der Waals surface area contributed by atoms with E-state index in [1.807, 2.05) is 53.2 Å². The van der Waals surface area contributed by atoms with Crippen molar-refractivity contribution in [1.82, 2.24) is 0 Å². The molecule has 1 radical (unpaired) electrons. The third kappa shape index (κ3) is 10.6. The minimum Gasteiger partial charge on any atom is -0.541 e. The first-order valence-electron chi connectivity index (χ1n) is 7.54. The molecule has 0 spiro atoms. The Kier molecular flexibility index (Phi) is 11.0. The van der Waals surface area contributed by atoms with Crippen LogP contribution in [0, 0.1) is 12.5 Å². The third-order valence-electron chi connectivity index (χ3n) is 3.41. The molecule has 1 aromatic carbocycles.